The fraction of sp³-hybridized carbons (Fsp3) is 0.647. The van der Waals surface area contributed by atoms with Crippen molar-refractivity contribution in [1.82, 2.24) is 9.80 Å². The molecule has 0 aromatic carbocycles. The summed E-state index contributed by atoms with van der Waals surface area (Å²) in [5, 5.41) is 1.81. The van der Waals surface area contributed by atoms with Crippen LogP contribution >= 0.6 is 11.3 Å². The van der Waals surface area contributed by atoms with Gasteiger partial charge in [0.05, 0.1) is 7.11 Å². The number of esters is 1. The number of carbonyl (C=O) groups excluding carboxylic acids is 2. The fourth-order valence-electron chi connectivity index (χ4n) is 2.42. The maximum absolute atomic E-state index is 12.0. The van der Waals surface area contributed by atoms with Gasteiger partial charge >= 0.3 is 12.1 Å². The number of piperazine rings is 1. The smallest absolute Gasteiger partial charge is 0.410 e. The zero-order valence-corrected chi connectivity index (χ0v) is 16.1. The molecule has 140 valence electrons. The van der Waals surface area contributed by atoms with Gasteiger partial charge in [0.2, 0.25) is 0 Å². The van der Waals surface area contributed by atoms with Gasteiger partial charge in [-0.05, 0) is 32.2 Å². The van der Waals surface area contributed by atoms with E-state index >= 15 is 0 Å². The lowest BCUT2D eigenvalue weighted by atomic mass is 10.2. The fourth-order valence-corrected chi connectivity index (χ4v) is 3.17. The Morgan fingerprint density at radius 3 is 2.48 bits per heavy atom. The molecule has 0 saturated carbocycles. The number of thiophene rings is 1. The van der Waals surface area contributed by atoms with E-state index in [4.69, 9.17) is 14.2 Å². The van der Waals surface area contributed by atoms with Gasteiger partial charge in [-0.1, -0.05) is 0 Å². The predicted octanol–water partition coefficient (Wildman–Crippen LogP) is 2.47. The highest BCUT2D eigenvalue weighted by atomic mass is 32.1. The molecule has 1 aliphatic heterocycles. The number of amides is 1. The van der Waals surface area contributed by atoms with Crippen molar-refractivity contribution in [1.29, 1.82) is 0 Å². The molecule has 1 aliphatic rings. The third-order valence-electron chi connectivity index (χ3n) is 3.69. The van der Waals surface area contributed by atoms with E-state index in [0.717, 1.165) is 19.6 Å². The summed E-state index contributed by atoms with van der Waals surface area (Å²) in [6.45, 7) is 9.64. The number of ether oxygens (including phenoxy) is 3. The summed E-state index contributed by atoms with van der Waals surface area (Å²) < 4.78 is 15.8. The first-order valence-corrected chi connectivity index (χ1v) is 9.17. The Bertz CT molecular complexity index is 588. The SMILES string of the molecule is COC(=O)c1sccc1OCCN1CCN(C(=O)OC(C)(C)C)CC1. The van der Waals surface area contributed by atoms with Gasteiger partial charge in [0.1, 0.15) is 18.0 Å². The molecular weight excluding hydrogens is 344 g/mol. The normalized spacial score (nSPS) is 15.8. The number of methoxy groups -OCH3 is 1. The van der Waals surface area contributed by atoms with Crippen LogP contribution in [-0.4, -0.2) is 73.9 Å². The quantitative estimate of drug-likeness (QED) is 0.742. The number of hydrogen-bond acceptors (Lipinski definition) is 7. The first kappa shape index (κ1) is 19.5. The van der Waals surface area contributed by atoms with E-state index in [1.807, 2.05) is 20.8 Å². The molecule has 1 saturated heterocycles. The van der Waals surface area contributed by atoms with E-state index in [9.17, 15) is 9.59 Å². The van der Waals surface area contributed by atoms with Gasteiger partial charge in [-0.25, -0.2) is 9.59 Å². The molecule has 1 fully saturated rings. The number of rotatable bonds is 5. The average Bonchev–Trinajstić information content (AvgIpc) is 3.01. The van der Waals surface area contributed by atoms with Crippen LogP contribution in [0.15, 0.2) is 11.4 Å². The van der Waals surface area contributed by atoms with E-state index in [0.29, 0.717) is 30.3 Å². The Hall–Kier alpha value is -1.80. The minimum absolute atomic E-state index is 0.260. The summed E-state index contributed by atoms with van der Waals surface area (Å²) in [7, 11) is 1.36. The number of nitrogens with zero attached hydrogens (tertiary/aromatic N) is 2. The molecule has 8 heteroatoms. The Kier molecular flexibility index (Phi) is 6.66. The highest BCUT2D eigenvalue weighted by molar-refractivity contribution is 7.12. The van der Waals surface area contributed by atoms with Crippen LogP contribution in [0, 0.1) is 0 Å². The Morgan fingerprint density at radius 1 is 1.20 bits per heavy atom. The van der Waals surface area contributed by atoms with Crippen molar-refractivity contribution in [2.24, 2.45) is 0 Å². The molecule has 2 rings (SSSR count). The van der Waals surface area contributed by atoms with Crippen LogP contribution in [-0.2, 0) is 9.47 Å². The van der Waals surface area contributed by atoms with E-state index in [2.05, 4.69) is 4.90 Å². The largest absolute Gasteiger partial charge is 0.490 e. The Morgan fingerprint density at radius 2 is 1.88 bits per heavy atom. The average molecular weight is 370 g/mol. The number of hydrogen-bond donors (Lipinski definition) is 0. The third kappa shape index (κ3) is 5.89. The summed E-state index contributed by atoms with van der Waals surface area (Å²) >= 11 is 1.30. The molecule has 7 nitrogen and oxygen atoms in total. The lowest BCUT2D eigenvalue weighted by molar-refractivity contribution is 0.0137. The van der Waals surface area contributed by atoms with Gasteiger partial charge in [0, 0.05) is 32.7 Å². The summed E-state index contributed by atoms with van der Waals surface area (Å²) in [4.78, 5) is 28.1. The molecule has 1 amide bonds. The first-order chi connectivity index (χ1) is 11.8. The van der Waals surface area contributed by atoms with Crippen LogP contribution in [0.3, 0.4) is 0 Å². The highest BCUT2D eigenvalue weighted by Crippen LogP contribution is 2.25. The minimum Gasteiger partial charge on any atom is -0.490 e. The molecule has 2 heterocycles. The van der Waals surface area contributed by atoms with Gasteiger partial charge in [0.15, 0.2) is 4.88 Å². The molecule has 1 aromatic heterocycles. The van der Waals surface area contributed by atoms with E-state index < -0.39 is 5.60 Å². The summed E-state index contributed by atoms with van der Waals surface area (Å²) in [5.41, 5.74) is -0.472. The summed E-state index contributed by atoms with van der Waals surface area (Å²) in [5.74, 6) is 0.181. The van der Waals surface area contributed by atoms with Crippen molar-refractivity contribution in [2.75, 3.05) is 46.4 Å². The second-order valence-corrected chi connectivity index (χ2v) is 7.68. The summed E-state index contributed by atoms with van der Waals surface area (Å²) in [6.07, 6.45) is -0.260. The van der Waals surface area contributed by atoms with Crippen LogP contribution in [0.4, 0.5) is 4.79 Å². The standard InChI is InChI=1S/C17H26N2O5S/c1-17(2,3)24-16(21)19-8-6-18(7-9-19)10-11-23-13-5-12-25-14(13)15(20)22-4/h5,12H,6-11H2,1-4H3. The molecule has 0 unspecified atom stereocenters. The molecule has 0 bridgehead atoms. The highest BCUT2D eigenvalue weighted by Gasteiger charge is 2.25. The van der Waals surface area contributed by atoms with Crippen molar-refractivity contribution in [3.63, 3.8) is 0 Å². The molecule has 0 spiro atoms. The second-order valence-electron chi connectivity index (χ2n) is 6.76. The molecule has 0 radical (unpaired) electrons. The Labute approximate surface area is 152 Å². The van der Waals surface area contributed by atoms with Crippen molar-refractivity contribution in [3.8, 4) is 5.75 Å². The second kappa shape index (κ2) is 8.53. The molecule has 0 aliphatic carbocycles. The van der Waals surface area contributed by atoms with Crippen LogP contribution in [0.25, 0.3) is 0 Å². The first-order valence-electron chi connectivity index (χ1n) is 8.29. The lowest BCUT2D eigenvalue weighted by Gasteiger charge is -2.35. The van der Waals surface area contributed by atoms with Crippen LogP contribution in [0.1, 0.15) is 30.4 Å². The van der Waals surface area contributed by atoms with Crippen molar-refractivity contribution < 1.29 is 23.8 Å². The molecular formula is C17H26N2O5S. The van der Waals surface area contributed by atoms with Gasteiger partial charge < -0.3 is 19.1 Å². The van der Waals surface area contributed by atoms with E-state index in [1.165, 1.54) is 18.4 Å². The Balaban J connectivity index is 1.72. The maximum Gasteiger partial charge on any atom is 0.410 e. The summed E-state index contributed by atoms with van der Waals surface area (Å²) in [6, 6.07) is 1.78. The van der Waals surface area contributed by atoms with Crippen molar-refractivity contribution >= 4 is 23.4 Å². The minimum atomic E-state index is -0.472. The molecule has 0 N–H and O–H groups in total. The topological polar surface area (TPSA) is 68.3 Å². The maximum atomic E-state index is 12.0. The lowest BCUT2D eigenvalue weighted by Crippen LogP contribution is -2.50. The van der Waals surface area contributed by atoms with E-state index in [1.54, 1.807) is 16.3 Å². The monoisotopic (exact) mass is 370 g/mol. The van der Waals surface area contributed by atoms with Gasteiger partial charge in [-0.3, -0.25) is 4.90 Å². The van der Waals surface area contributed by atoms with Crippen LogP contribution < -0.4 is 4.74 Å². The predicted molar refractivity (Wildman–Crippen MR) is 95.4 cm³/mol. The molecule has 0 atom stereocenters. The zero-order valence-electron chi connectivity index (χ0n) is 15.2. The van der Waals surface area contributed by atoms with Crippen molar-refractivity contribution in [2.45, 2.75) is 26.4 Å². The van der Waals surface area contributed by atoms with Crippen LogP contribution in [0.5, 0.6) is 5.75 Å². The molecule has 25 heavy (non-hydrogen) atoms. The van der Waals surface area contributed by atoms with Gasteiger partial charge in [-0.15, -0.1) is 11.3 Å². The zero-order chi connectivity index (χ0) is 18.4. The van der Waals surface area contributed by atoms with Crippen molar-refractivity contribution in [3.05, 3.63) is 16.3 Å². The van der Waals surface area contributed by atoms with Gasteiger partial charge in [0.25, 0.3) is 0 Å². The molecule has 1 aromatic rings. The van der Waals surface area contributed by atoms with Gasteiger partial charge in [-0.2, -0.15) is 0 Å². The third-order valence-corrected chi connectivity index (χ3v) is 4.56. The van der Waals surface area contributed by atoms with E-state index in [-0.39, 0.29) is 12.1 Å². The van der Waals surface area contributed by atoms with Crippen LogP contribution in [0.2, 0.25) is 0 Å². The number of carbonyl (C=O) groups is 2.